The maximum atomic E-state index is 5.93. The monoisotopic (exact) mass is 288 g/mol. The highest BCUT2D eigenvalue weighted by molar-refractivity contribution is 5.75. The van der Waals surface area contributed by atoms with E-state index in [0.29, 0.717) is 5.92 Å². The van der Waals surface area contributed by atoms with Gasteiger partial charge in [0.25, 0.3) is 0 Å². The minimum absolute atomic E-state index is 0.105. The van der Waals surface area contributed by atoms with E-state index >= 15 is 0 Å². The van der Waals surface area contributed by atoms with E-state index in [-0.39, 0.29) is 12.1 Å². The van der Waals surface area contributed by atoms with Gasteiger partial charge in [0.05, 0.1) is 23.2 Å². The Hall–Kier alpha value is -1.43. The molecule has 3 rings (SSSR count). The number of aryl methyl sites for hydroxylation is 1. The summed E-state index contributed by atoms with van der Waals surface area (Å²) < 4.78 is 8.07. The lowest BCUT2D eigenvalue weighted by molar-refractivity contribution is 0.0186. The maximum Gasteiger partial charge on any atom is 0.111 e. The van der Waals surface area contributed by atoms with Crippen LogP contribution in [0.5, 0.6) is 0 Å². The Kier molecular flexibility index (Phi) is 4.24. The number of aromatic nitrogens is 2. The van der Waals surface area contributed by atoms with Crippen molar-refractivity contribution in [3.05, 3.63) is 30.1 Å². The molecular weight excluding hydrogens is 264 g/mol. The number of fused-ring (bicyclic) bond motifs is 1. The number of hydrogen-bond acceptors (Lipinski definition) is 4. The van der Waals surface area contributed by atoms with Gasteiger partial charge < -0.3 is 9.30 Å². The van der Waals surface area contributed by atoms with E-state index in [1.165, 1.54) is 12.8 Å². The fraction of sp³-hybridized carbons (Fsp3) is 0.562. The first kappa shape index (κ1) is 14.5. The number of nitrogens with one attached hydrogen (secondary N) is 1. The molecule has 1 heterocycles. The Morgan fingerprint density at radius 2 is 2.19 bits per heavy atom. The van der Waals surface area contributed by atoms with Crippen molar-refractivity contribution in [2.45, 2.75) is 38.3 Å². The van der Waals surface area contributed by atoms with Crippen LogP contribution in [0.25, 0.3) is 11.0 Å². The highest BCUT2D eigenvalue weighted by Crippen LogP contribution is 2.36. The number of nitrogens with two attached hydrogens (primary N) is 1. The molecule has 0 aliphatic heterocycles. The number of para-hydroxylation sites is 2. The molecule has 1 fully saturated rings. The number of rotatable bonds is 7. The molecular formula is C16H24N4O. The van der Waals surface area contributed by atoms with E-state index in [9.17, 15) is 0 Å². The summed E-state index contributed by atoms with van der Waals surface area (Å²) in [5.41, 5.74) is 5.14. The molecule has 1 aromatic heterocycles. The minimum atomic E-state index is 0.105. The molecule has 1 aromatic carbocycles. The standard InChI is InChI=1S/C16H24N4O/c1-3-21-16(11-8-9-11)13(19-17)10-15-18-12-6-4-5-7-14(12)20(15)2/h4-7,11,13,16,19H,3,8-10,17H2,1-2H3. The molecule has 2 aromatic rings. The summed E-state index contributed by atoms with van der Waals surface area (Å²) in [6.45, 7) is 2.76. The van der Waals surface area contributed by atoms with Crippen molar-refractivity contribution in [3.8, 4) is 0 Å². The molecule has 2 unspecified atom stereocenters. The summed E-state index contributed by atoms with van der Waals surface area (Å²) in [4.78, 5) is 4.73. The second-order valence-corrected chi connectivity index (χ2v) is 5.81. The molecule has 0 saturated heterocycles. The topological polar surface area (TPSA) is 65.1 Å². The van der Waals surface area contributed by atoms with Gasteiger partial charge >= 0.3 is 0 Å². The summed E-state index contributed by atoms with van der Waals surface area (Å²) >= 11 is 0. The van der Waals surface area contributed by atoms with Gasteiger partial charge in [-0.3, -0.25) is 11.3 Å². The smallest absolute Gasteiger partial charge is 0.111 e. The van der Waals surface area contributed by atoms with Crippen LogP contribution in [0.1, 0.15) is 25.6 Å². The number of benzene rings is 1. The van der Waals surface area contributed by atoms with Crippen molar-refractivity contribution < 1.29 is 4.74 Å². The first-order valence-corrected chi connectivity index (χ1v) is 7.72. The molecule has 2 atom stereocenters. The van der Waals surface area contributed by atoms with Crippen LogP contribution in [-0.4, -0.2) is 28.3 Å². The van der Waals surface area contributed by atoms with Crippen molar-refractivity contribution in [2.75, 3.05) is 6.61 Å². The zero-order valence-corrected chi connectivity index (χ0v) is 12.7. The highest BCUT2D eigenvalue weighted by Gasteiger charge is 2.37. The Morgan fingerprint density at radius 1 is 1.43 bits per heavy atom. The summed E-state index contributed by atoms with van der Waals surface area (Å²) in [6.07, 6.45) is 3.44. The molecule has 1 aliphatic rings. The predicted molar refractivity (Wildman–Crippen MR) is 83.7 cm³/mol. The fourth-order valence-corrected chi connectivity index (χ4v) is 3.04. The minimum Gasteiger partial charge on any atom is -0.377 e. The van der Waals surface area contributed by atoms with Gasteiger partial charge in [0.2, 0.25) is 0 Å². The third kappa shape index (κ3) is 2.95. The first-order valence-electron chi connectivity index (χ1n) is 7.72. The molecule has 1 aliphatic carbocycles. The van der Waals surface area contributed by atoms with Crippen molar-refractivity contribution in [1.82, 2.24) is 15.0 Å². The van der Waals surface area contributed by atoms with Crippen LogP contribution in [0.4, 0.5) is 0 Å². The van der Waals surface area contributed by atoms with Crippen LogP contribution in [0.3, 0.4) is 0 Å². The molecule has 5 nitrogen and oxygen atoms in total. The first-order chi connectivity index (χ1) is 10.2. The van der Waals surface area contributed by atoms with Gasteiger partial charge in [0.15, 0.2) is 0 Å². The largest absolute Gasteiger partial charge is 0.377 e. The van der Waals surface area contributed by atoms with Crippen LogP contribution in [-0.2, 0) is 18.2 Å². The van der Waals surface area contributed by atoms with E-state index in [1.807, 2.05) is 25.1 Å². The van der Waals surface area contributed by atoms with Gasteiger partial charge in [0, 0.05) is 20.1 Å². The third-order valence-electron chi connectivity index (χ3n) is 4.34. The second kappa shape index (κ2) is 6.13. The molecule has 0 radical (unpaired) electrons. The molecule has 0 spiro atoms. The van der Waals surface area contributed by atoms with Crippen LogP contribution in [0.2, 0.25) is 0 Å². The van der Waals surface area contributed by atoms with Crippen molar-refractivity contribution >= 4 is 11.0 Å². The zero-order chi connectivity index (χ0) is 14.8. The third-order valence-corrected chi connectivity index (χ3v) is 4.34. The van der Waals surface area contributed by atoms with Crippen LogP contribution < -0.4 is 11.3 Å². The van der Waals surface area contributed by atoms with E-state index in [0.717, 1.165) is 29.9 Å². The molecule has 0 amide bonds. The van der Waals surface area contributed by atoms with Crippen molar-refractivity contribution in [2.24, 2.45) is 18.8 Å². The quantitative estimate of drug-likeness (QED) is 0.602. The average molecular weight is 288 g/mol. The summed E-state index contributed by atoms with van der Waals surface area (Å²) in [7, 11) is 2.06. The van der Waals surface area contributed by atoms with E-state index in [2.05, 4.69) is 23.1 Å². The summed E-state index contributed by atoms with van der Waals surface area (Å²) in [5, 5.41) is 0. The number of hydrazine groups is 1. The summed E-state index contributed by atoms with van der Waals surface area (Å²) in [6, 6.07) is 8.31. The summed E-state index contributed by atoms with van der Waals surface area (Å²) in [5.74, 6) is 7.48. The van der Waals surface area contributed by atoms with Crippen LogP contribution >= 0.6 is 0 Å². The van der Waals surface area contributed by atoms with E-state index in [1.54, 1.807) is 0 Å². The van der Waals surface area contributed by atoms with Crippen LogP contribution in [0.15, 0.2) is 24.3 Å². The van der Waals surface area contributed by atoms with Gasteiger partial charge in [-0.2, -0.15) is 0 Å². The van der Waals surface area contributed by atoms with Gasteiger partial charge in [-0.1, -0.05) is 12.1 Å². The molecule has 1 saturated carbocycles. The lowest BCUT2D eigenvalue weighted by atomic mass is 10.0. The maximum absolute atomic E-state index is 5.93. The Morgan fingerprint density at radius 3 is 2.81 bits per heavy atom. The van der Waals surface area contributed by atoms with E-state index < -0.39 is 0 Å². The van der Waals surface area contributed by atoms with Gasteiger partial charge in [-0.05, 0) is 37.8 Å². The fourth-order valence-electron chi connectivity index (χ4n) is 3.04. The number of imidazole rings is 1. The lowest BCUT2D eigenvalue weighted by Gasteiger charge is -2.26. The average Bonchev–Trinajstić information content (AvgIpc) is 3.29. The van der Waals surface area contributed by atoms with Gasteiger partial charge in [0.1, 0.15) is 5.82 Å². The lowest BCUT2D eigenvalue weighted by Crippen LogP contribution is -2.48. The van der Waals surface area contributed by atoms with E-state index in [4.69, 9.17) is 15.6 Å². The molecule has 21 heavy (non-hydrogen) atoms. The normalized spacial score (nSPS) is 18.0. The van der Waals surface area contributed by atoms with Crippen molar-refractivity contribution in [3.63, 3.8) is 0 Å². The molecule has 5 heteroatoms. The second-order valence-electron chi connectivity index (χ2n) is 5.81. The molecule has 0 bridgehead atoms. The van der Waals surface area contributed by atoms with Gasteiger partial charge in [-0.25, -0.2) is 4.98 Å². The SMILES string of the molecule is CCOC(C1CC1)C(Cc1nc2ccccc2n1C)NN. The van der Waals surface area contributed by atoms with Gasteiger partial charge in [-0.15, -0.1) is 0 Å². The Balaban J connectivity index is 1.82. The van der Waals surface area contributed by atoms with Crippen molar-refractivity contribution in [1.29, 1.82) is 0 Å². The molecule has 3 N–H and O–H groups in total. The number of ether oxygens (including phenoxy) is 1. The predicted octanol–water partition coefficient (Wildman–Crippen LogP) is 1.76. The molecule has 114 valence electrons. The number of hydrogen-bond donors (Lipinski definition) is 2. The highest BCUT2D eigenvalue weighted by atomic mass is 16.5. The zero-order valence-electron chi connectivity index (χ0n) is 12.7. The Bertz CT molecular complexity index is 605. The Labute approximate surface area is 125 Å². The number of nitrogens with zero attached hydrogens (tertiary/aromatic N) is 2. The van der Waals surface area contributed by atoms with Crippen LogP contribution in [0, 0.1) is 5.92 Å².